The van der Waals surface area contributed by atoms with Gasteiger partial charge in [-0.05, 0) is 39.0 Å². The first kappa shape index (κ1) is 28.1. The zero-order valence-corrected chi connectivity index (χ0v) is 23.8. The van der Waals surface area contributed by atoms with Crippen LogP contribution in [0.25, 0.3) is 22.2 Å². The highest BCUT2D eigenvalue weighted by molar-refractivity contribution is 6.04. The number of aromatic nitrogens is 4. The van der Waals surface area contributed by atoms with Gasteiger partial charge in [0.1, 0.15) is 34.4 Å². The van der Waals surface area contributed by atoms with E-state index in [2.05, 4.69) is 20.4 Å². The summed E-state index contributed by atoms with van der Waals surface area (Å²) in [4.78, 5) is 35.2. The molecule has 0 saturated carbocycles. The molecule has 0 bridgehead atoms. The average Bonchev–Trinajstić information content (AvgIpc) is 2.97. The third-order valence-electron chi connectivity index (χ3n) is 6.54. The van der Waals surface area contributed by atoms with Crippen LogP contribution < -0.4 is 30.7 Å². The summed E-state index contributed by atoms with van der Waals surface area (Å²) in [5.41, 5.74) is 7.95. The molecule has 3 N–H and O–H groups in total. The van der Waals surface area contributed by atoms with Gasteiger partial charge in [-0.25, -0.2) is 9.97 Å². The third kappa shape index (κ3) is 5.71. The zero-order valence-electron chi connectivity index (χ0n) is 23.8. The van der Waals surface area contributed by atoms with Gasteiger partial charge in [0.2, 0.25) is 5.43 Å². The average molecular weight is 567 g/mol. The molecule has 0 fully saturated rings. The molecule has 1 amide bonds. The summed E-state index contributed by atoms with van der Waals surface area (Å²) in [6, 6.07) is 15.6. The monoisotopic (exact) mass is 566 g/mol. The van der Waals surface area contributed by atoms with Crippen LogP contribution in [0.3, 0.4) is 0 Å². The summed E-state index contributed by atoms with van der Waals surface area (Å²) >= 11 is 0. The summed E-state index contributed by atoms with van der Waals surface area (Å²) in [5, 5.41) is 7.84. The SMILES string of the molecule is COc1cc2nc(N)cc(Oc3ccc(NC(=O)c4cn(C(C)C)nc(-c5ccc(C)cc5)c4=O)nc3)c2cc1OC. The normalized spacial score (nSPS) is 11.0. The number of ether oxygens (including phenoxy) is 3. The molecule has 0 saturated heterocycles. The fraction of sp³-hybridized carbons (Fsp3) is 0.194. The number of methoxy groups -OCH3 is 2. The number of aryl methyl sites for hydroxylation is 1. The van der Waals surface area contributed by atoms with Crippen LogP contribution in [-0.2, 0) is 0 Å². The number of carbonyl (C=O) groups is 1. The van der Waals surface area contributed by atoms with E-state index in [1.807, 2.05) is 45.0 Å². The first-order valence-corrected chi connectivity index (χ1v) is 13.1. The van der Waals surface area contributed by atoms with Gasteiger partial charge in [-0.1, -0.05) is 29.8 Å². The van der Waals surface area contributed by atoms with Crippen LogP contribution >= 0.6 is 0 Å². The van der Waals surface area contributed by atoms with Crippen LogP contribution in [0, 0.1) is 6.92 Å². The second kappa shape index (κ2) is 11.6. The van der Waals surface area contributed by atoms with E-state index >= 15 is 0 Å². The van der Waals surface area contributed by atoms with Crippen LogP contribution in [0.15, 0.2) is 71.8 Å². The molecule has 0 aliphatic heterocycles. The molecule has 11 heteroatoms. The summed E-state index contributed by atoms with van der Waals surface area (Å²) in [7, 11) is 3.08. The molecule has 3 heterocycles. The maximum atomic E-state index is 13.3. The van der Waals surface area contributed by atoms with E-state index in [4.69, 9.17) is 19.9 Å². The summed E-state index contributed by atoms with van der Waals surface area (Å²) in [6.45, 7) is 5.80. The van der Waals surface area contributed by atoms with E-state index in [-0.39, 0.29) is 28.9 Å². The molecule has 0 aliphatic rings. The van der Waals surface area contributed by atoms with E-state index in [1.54, 1.807) is 42.1 Å². The molecular formula is C31H30N6O5. The molecule has 42 heavy (non-hydrogen) atoms. The number of carbonyl (C=O) groups excluding carboxylic acids is 1. The Bertz CT molecular complexity index is 1830. The largest absolute Gasteiger partial charge is 0.493 e. The molecule has 0 radical (unpaired) electrons. The van der Waals surface area contributed by atoms with Crippen LogP contribution in [0.5, 0.6) is 23.0 Å². The molecule has 0 spiro atoms. The second-order valence-corrected chi connectivity index (χ2v) is 9.87. The van der Waals surface area contributed by atoms with Gasteiger partial charge in [0.15, 0.2) is 11.5 Å². The molecule has 2 aromatic carbocycles. The Morgan fingerprint density at radius 1 is 0.976 bits per heavy atom. The Labute approximate surface area is 241 Å². The number of hydrogen-bond donors (Lipinski definition) is 2. The van der Waals surface area contributed by atoms with Crippen LogP contribution in [0.4, 0.5) is 11.6 Å². The highest BCUT2D eigenvalue weighted by Crippen LogP contribution is 2.38. The minimum Gasteiger partial charge on any atom is -0.493 e. The van der Waals surface area contributed by atoms with E-state index in [0.717, 1.165) is 5.56 Å². The van der Waals surface area contributed by atoms with Crippen molar-refractivity contribution in [3.8, 4) is 34.3 Å². The number of nitrogens with one attached hydrogen (secondary N) is 1. The van der Waals surface area contributed by atoms with Crippen molar-refractivity contribution in [3.63, 3.8) is 0 Å². The summed E-state index contributed by atoms with van der Waals surface area (Å²) in [6.07, 6.45) is 2.91. The van der Waals surface area contributed by atoms with Crippen molar-refractivity contribution in [2.45, 2.75) is 26.8 Å². The van der Waals surface area contributed by atoms with Crippen LogP contribution in [0.1, 0.15) is 35.8 Å². The number of anilines is 2. The Balaban J connectivity index is 1.41. The molecule has 0 aliphatic carbocycles. The Kier molecular flexibility index (Phi) is 7.74. The molecule has 0 atom stereocenters. The zero-order chi connectivity index (χ0) is 30.0. The van der Waals surface area contributed by atoms with E-state index in [0.29, 0.717) is 39.5 Å². The minimum atomic E-state index is -0.597. The van der Waals surface area contributed by atoms with Crippen LogP contribution in [-0.4, -0.2) is 39.9 Å². The lowest BCUT2D eigenvalue weighted by molar-refractivity contribution is 0.102. The predicted octanol–water partition coefficient (Wildman–Crippen LogP) is 5.39. The van der Waals surface area contributed by atoms with Crippen molar-refractivity contribution in [2.75, 3.05) is 25.3 Å². The molecule has 5 aromatic rings. The van der Waals surface area contributed by atoms with Gasteiger partial charge in [0, 0.05) is 35.3 Å². The number of fused-ring (bicyclic) bond motifs is 1. The summed E-state index contributed by atoms with van der Waals surface area (Å²) < 4.78 is 18.5. The number of pyridine rings is 2. The quantitative estimate of drug-likeness (QED) is 0.253. The van der Waals surface area contributed by atoms with Crippen molar-refractivity contribution in [2.24, 2.45) is 0 Å². The smallest absolute Gasteiger partial charge is 0.262 e. The third-order valence-corrected chi connectivity index (χ3v) is 6.54. The molecule has 3 aromatic heterocycles. The van der Waals surface area contributed by atoms with Crippen molar-refractivity contribution in [3.05, 3.63) is 88.3 Å². The minimum absolute atomic E-state index is 0.0421. The number of amides is 1. The number of rotatable bonds is 8. The number of hydrogen-bond acceptors (Lipinski definition) is 9. The Morgan fingerprint density at radius 2 is 1.69 bits per heavy atom. The first-order chi connectivity index (χ1) is 20.2. The topological polar surface area (TPSA) is 143 Å². The van der Waals surface area contributed by atoms with Crippen LogP contribution in [0.2, 0.25) is 0 Å². The van der Waals surface area contributed by atoms with Crippen molar-refractivity contribution < 1.29 is 19.0 Å². The molecule has 11 nitrogen and oxygen atoms in total. The number of nitrogens with two attached hydrogens (primary N) is 1. The lowest BCUT2D eigenvalue weighted by atomic mass is 10.1. The van der Waals surface area contributed by atoms with Gasteiger partial charge >= 0.3 is 0 Å². The Morgan fingerprint density at radius 3 is 2.33 bits per heavy atom. The van der Waals surface area contributed by atoms with E-state index in [1.165, 1.54) is 19.5 Å². The highest BCUT2D eigenvalue weighted by Gasteiger charge is 2.19. The molecule has 5 rings (SSSR count). The highest BCUT2D eigenvalue weighted by atomic mass is 16.5. The van der Waals surface area contributed by atoms with Crippen molar-refractivity contribution in [1.29, 1.82) is 0 Å². The maximum absolute atomic E-state index is 13.3. The maximum Gasteiger partial charge on any atom is 0.262 e. The summed E-state index contributed by atoms with van der Waals surface area (Å²) in [5.74, 6) is 1.75. The van der Waals surface area contributed by atoms with Gasteiger partial charge < -0.3 is 25.3 Å². The first-order valence-electron chi connectivity index (χ1n) is 13.1. The number of nitrogens with zero attached hydrogens (tertiary/aromatic N) is 4. The van der Waals surface area contributed by atoms with Gasteiger partial charge in [0.05, 0.1) is 25.9 Å². The fourth-order valence-electron chi connectivity index (χ4n) is 4.29. The molecular weight excluding hydrogens is 536 g/mol. The van der Waals surface area contributed by atoms with Gasteiger partial charge in [-0.3, -0.25) is 14.3 Å². The Hall–Kier alpha value is -5.45. The van der Waals surface area contributed by atoms with Gasteiger partial charge in [-0.15, -0.1) is 0 Å². The van der Waals surface area contributed by atoms with Gasteiger partial charge in [0.25, 0.3) is 5.91 Å². The molecule has 0 unspecified atom stereocenters. The lowest BCUT2D eigenvalue weighted by Crippen LogP contribution is -2.27. The molecule has 214 valence electrons. The van der Waals surface area contributed by atoms with Crippen molar-refractivity contribution >= 4 is 28.4 Å². The van der Waals surface area contributed by atoms with Gasteiger partial charge in [-0.2, -0.15) is 5.10 Å². The predicted molar refractivity (Wildman–Crippen MR) is 161 cm³/mol. The van der Waals surface area contributed by atoms with Crippen molar-refractivity contribution in [1.82, 2.24) is 19.7 Å². The fourth-order valence-corrected chi connectivity index (χ4v) is 4.29. The van der Waals surface area contributed by atoms with E-state index < -0.39 is 11.3 Å². The number of benzene rings is 2. The van der Waals surface area contributed by atoms with E-state index in [9.17, 15) is 9.59 Å². The standard InChI is InChI=1S/C31H30N6O5/c1-17(2)37-16-22(30(38)29(36-37)19-8-6-18(3)7-9-19)31(39)35-28-11-10-20(15-33-28)42-24-14-27(32)34-23-13-26(41-5)25(40-4)12-21(23)24/h6-17H,1-5H3,(H2,32,34)(H,33,35,39). The number of nitrogen functional groups attached to an aromatic ring is 1. The second-order valence-electron chi connectivity index (χ2n) is 9.87. The lowest BCUT2D eigenvalue weighted by Gasteiger charge is -2.14.